The molecule has 0 aliphatic rings. The van der Waals surface area contributed by atoms with Gasteiger partial charge in [0.2, 0.25) is 0 Å². The molecule has 3 aromatic carbocycles. The maximum atomic E-state index is 12.9. The molecular weight excluding hydrogens is 498 g/mol. The Morgan fingerprint density at radius 3 is 2.32 bits per heavy atom. The van der Waals surface area contributed by atoms with Gasteiger partial charge in [-0.25, -0.2) is 13.4 Å². The molecule has 0 saturated carbocycles. The van der Waals surface area contributed by atoms with Crippen molar-refractivity contribution in [1.82, 2.24) is 4.98 Å². The molecule has 1 heterocycles. The van der Waals surface area contributed by atoms with Gasteiger partial charge in [-0.15, -0.1) is 11.3 Å². The zero-order valence-corrected chi connectivity index (χ0v) is 19.2. The number of para-hydroxylation sites is 1. The molecule has 4 rings (SSSR count). The van der Waals surface area contributed by atoms with Crippen molar-refractivity contribution in [1.29, 1.82) is 0 Å². The molecule has 0 spiro atoms. The summed E-state index contributed by atoms with van der Waals surface area (Å²) in [7, 11) is -3.82. The van der Waals surface area contributed by atoms with Gasteiger partial charge >= 0.3 is 0 Å². The number of aromatic nitrogens is 1. The van der Waals surface area contributed by atoms with Gasteiger partial charge in [0.1, 0.15) is 0 Å². The van der Waals surface area contributed by atoms with E-state index in [-0.39, 0.29) is 16.1 Å². The maximum Gasteiger partial charge on any atom is 0.261 e. The van der Waals surface area contributed by atoms with Crippen LogP contribution in [-0.2, 0) is 10.0 Å². The number of nitrogens with zero attached hydrogens (tertiary/aromatic N) is 1. The van der Waals surface area contributed by atoms with Crippen LogP contribution in [0.2, 0.25) is 0 Å². The molecule has 6 nitrogen and oxygen atoms in total. The third kappa shape index (κ3) is 5.01. The molecule has 0 atom stereocenters. The molecule has 0 unspecified atom stereocenters. The van der Waals surface area contributed by atoms with Gasteiger partial charge in [0.05, 0.1) is 21.8 Å². The minimum absolute atomic E-state index is 0.115. The summed E-state index contributed by atoms with van der Waals surface area (Å²) in [4.78, 5) is 17.4. The van der Waals surface area contributed by atoms with E-state index in [2.05, 4.69) is 31.0 Å². The van der Waals surface area contributed by atoms with Crippen LogP contribution in [-0.4, -0.2) is 19.3 Å². The van der Waals surface area contributed by atoms with Crippen molar-refractivity contribution < 1.29 is 13.2 Å². The summed E-state index contributed by atoms with van der Waals surface area (Å²) in [6.45, 7) is 0. The quantitative estimate of drug-likeness (QED) is 0.349. The van der Waals surface area contributed by atoms with Crippen LogP contribution >= 0.6 is 27.3 Å². The third-order valence-electron chi connectivity index (χ3n) is 4.33. The molecule has 1 amide bonds. The van der Waals surface area contributed by atoms with Gasteiger partial charge in [-0.3, -0.25) is 14.8 Å². The van der Waals surface area contributed by atoms with Crippen molar-refractivity contribution in [3.63, 3.8) is 0 Å². The first kappa shape index (κ1) is 21.2. The van der Waals surface area contributed by atoms with E-state index >= 15 is 0 Å². The van der Waals surface area contributed by atoms with Crippen LogP contribution in [0.25, 0.3) is 11.3 Å². The first-order valence-corrected chi connectivity index (χ1v) is 12.3. The average molecular weight is 514 g/mol. The number of carbonyl (C=O) groups is 1. The van der Waals surface area contributed by atoms with Crippen molar-refractivity contribution in [2.45, 2.75) is 4.90 Å². The fourth-order valence-corrected chi connectivity index (χ4v) is 4.90. The van der Waals surface area contributed by atoms with Crippen LogP contribution in [0.3, 0.4) is 0 Å². The van der Waals surface area contributed by atoms with E-state index in [1.165, 1.54) is 23.5 Å². The fourth-order valence-electron chi connectivity index (χ4n) is 2.82. The van der Waals surface area contributed by atoms with Crippen LogP contribution < -0.4 is 10.0 Å². The van der Waals surface area contributed by atoms with Crippen LogP contribution in [0.5, 0.6) is 0 Å². The molecule has 0 bridgehead atoms. The van der Waals surface area contributed by atoms with E-state index in [1.807, 2.05) is 29.6 Å². The van der Waals surface area contributed by atoms with E-state index < -0.39 is 15.9 Å². The molecule has 0 radical (unpaired) electrons. The standard InChI is InChI=1S/C22H16BrN3O3S2/c23-16-12-10-15(11-13-16)20-14-30-22(24-20)25-21(27)18-8-4-5-9-19(18)26-31(28,29)17-6-2-1-3-7-17/h1-14,26H,(H,24,25,27). The highest BCUT2D eigenvalue weighted by Gasteiger charge is 2.19. The first-order valence-electron chi connectivity index (χ1n) is 9.12. The number of thiazole rings is 1. The predicted molar refractivity (Wildman–Crippen MR) is 127 cm³/mol. The zero-order chi connectivity index (χ0) is 21.8. The largest absolute Gasteiger partial charge is 0.298 e. The number of benzene rings is 3. The van der Waals surface area contributed by atoms with Crippen molar-refractivity contribution in [3.8, 4) is 11.3 Å². The third-order valence-corrected chi connectivity index (χ3v) is 7.00. The first-order chi connectivity index (χ1) is 14.9. The highest BCUT2D eigenvalue weighted by atomic mass is 79.9. The SMILES string of the molecule is O=C(Nc1nc(-c2ccc(Br)cc2)cs1)c1ccccc1NS(=O)(=O)c1ccccc1. The van der Waals surface area contributed by atoms with Crippen LogP contribution in [0, 0.1) is 0 Å². The Hall–Kier alpha value is -3.01. The second-order valence-electron chi connectivity index (χ2n) is 6.46. The number of anilines is 2. The molecule has 1 aromatic heterocycles. The molecule has 0 saturated heterocycles. The number of nitrogens with one attached hydrogen (secondary N) is 2. The Labute approximate surface area is 192 Å². The summed E-state index contributed by atoms with van der Waals surface area (Å²) in [5.41, 5.74) is 2.05. The van der Waals surface area contributed by atoms with Gasteiger partial charge in [-0.2, -0.15) is 0 Å². The lowest BCUT2D eigenvalue weighted by atomic mass is 10.2. The highest BCUT2D eigenvalue weighted by Crippen LogP contribution is 2.27. The number of rotatable bonds is 6. The lowest BCUT2D eigenvalue weighted by molar-refractivity contribution is 0.102. The summed E-state index contributed by atoms with van der Waals surface area (Å²) in [5.74, 6) is -0.455. The Kier molecular flexibility index (Phi) is 6.17. The Morgan fingerprint density at radius 1 is 0.903 bits per heavy atom. The molecule has 0 fully saturated rings. The van der Waals surface area contributed by atoms with Crippen LogP contribution in [0.1, 0.15) is 10.4 Å². The number of hydrogen-bond donors (Lipinski definition) is 2. The van der Waals surface area contributed by atoms with Gasteiger partial charge in [0, 0.05) is 15.4 Å². The van der Waals surface area contributed by atoms with E-state index in [0.717, 1.165) is 15.7 Å². The van der Waals surface area contributed by atoms with E-state index in [4.69, 9.17) is 0 Å². The number of carbonyl (C=O) groups excluding carboxylic acids is 1. The Morgan fingerprint density at radius 2 is 1.58 bits per heavy atom. The number of amides is 1. The van der Waals surface area contributed by atoms with Gasteiger partial charge < -0.3 is 0 Å². The van der Waals surface area contributed by atoms with Gasteiger partial charge in [0.15, 0.2) is 5.13 Å². The summed E-state index contributed by atoms with van der Waals surface area (Å²) >= 11 is 4.69. The maximum absolute atomic E-state index is 12.9. The molecule has 0 aliphatic heterocycles. The smallest absolute Gasteiger partial charge is 0.261 e. The lowest BCUT2D eigenvalue weighted by Crippen LogP contribution is -2.18. The van der Waals surface area contributed by atoms with Crippen molar-refractivity contribution in [2.24, 2.45) is 0 Å². The normalized spacial score (nSPS) is 11.1. The number of halogens is 1. The minimum Gasteiger partial charge on any atom is -0.298 e. The summed E-state index contributed by atoms with van der Waals surface area (Å²) in [5, 5.41) is 5.02. The van der Waals surface area contributed by atoms with Gasteiger partial charge in [-0.1, -0.05) is 58.4 Å². The Balaban J connectivity index is 1.54. The zero-order valence-electron chi connectivity index (χ0n) is 15.9. The molecular formula is C22H16BrN3O3S2. The van der Waals surface area contributed by atoms with Crippen molar-refractivity contribution >= 4 is 54.0 Å². The second-order valence-corrected chi connectivity index (χ2v) is 9.92. The van der Waals surface area contributed by atoms with E-state index in [9.17, 15) is 13.2 Å². The molecule has 9 heteroatoms. The topological polar surface area (TPSA) is 88.2 Å². The van der Waals surface area contributed by atoms with Crippen LogP contribution in [0.4, 0.5) is 10.8 Å². The van der Waals surface area contributed by atoms with Crippen LogP contribution in [0.15, 0.2) is 93.6 Å². The summed E-state index contributed by atoms with van der Waals surface area (Å²) in [6, 6.07) is 22.1. The molecule has 4 aromatic rings. The average Bonchev–Trinajstić information content (AvgIpc) is 3.23. The van der Waals surface area contributed by atoms with Crippen molar-refractivity contribution in [3.05, 3.63) is 94.3 Å². The van der Waals surface area contributed by atoms with Gasteiger partial charge in [-0.05, 0) is 36.4 Å². The molecule has 2 N–H and O–H groups in total. The fraction of sp³-hybridized carbons (Fsp3) is 0. The Bertz CT molecular complexity index is 1320. The lowest BCUT2D eigenvalue weighted by Gasteiger charge is -2.12. The minimum atomic E-state index is -3.82. The number of hydrogen-bond acceptors (Lipinski definition) is 5. The second kappa shape index (κ2) is 9.01. The van der Waals surface area contributed by atoms with Crippen molar-refractivity contribution in [2.75, 3.05) is 10.0 Å². The highest BCUT2D eigenvalue weighted by molar-refractivity contribution is 9.10. The molecule has 156 valence electrons. The van der Waals surface area contributed by atoms with E-state index in [1.54, 1.807) is 42.5 Å². The predicted octanol–water partition coefficient (Wildman–Crippen LogP) is 5.63. The monoisotopic (exact) mass is 513 g/mol. The van der Waals surface area contributed by atoms with Gasteiger partial charge in [0.25, 0.3) is 15.9 Å². The van der Waals surface area contributed by atoms with E-state index in [0.29, 0.717) is 5.13 Å². The number of sulfonamides is 1. The molecule has 0 aliphatic carbocycles. The summed E-state index contributed by atoms with van der Waals surface area (Å²) < 4.78 is 28.8. The summed E-state index contributed by atoms with van der Waals surface area (Å²) in [6.07, 6.45) is 0. The molecule has 31 heavy (non-hydrogen) atoms.